The number of anilines is 1. The van der Waals surface area contributed by atoms with Crippen molar-refractivity contribution in [3.63, 3.8) is 0 Å². The highest BCUT2D eigenvalue weighted by molar-refractivity contribution is 6.62. The number of carbonyl (C=O) groups excluding carboxylic acids is 1. The minimum absolute atomic E-state index is 0.133. The van der Waals surface area contributed by atoms with Gasteiger partial charge in [0.05, 0.1) is 36.3 Å². The first-order valence-electron chi connectivity index (χ1n) is 10.7. The van der Waals surface area contributed by atoms with Gasteiger partial charge >= 0.3 is 13.1 Å². The molecule has 4 rings (SSSR count). The molecule has 0 unspecified atom stereocenters. The third-order valence-corrected chi connectivity index (χ3v) is 6.36. The van der Waals surface area contributed by atoms with Crippen molar-refractivity contribution in [3.8, 4) is 11.1 Å². The summed E-state index contributed by atoms with van der Waals surface area (Å²) in [5.74, 6) is 0. The van der Waals surface area contributed by atoms with Crippen LogP contribution in [0, 0.1) is 6.92 Å². The smallest absolute Gasteiger partial charge is 0.399 e. The highest BCUT2D eigenvalue weighted by Crippen LogP contribution is 2.36. The molecule has 1 aromatic carbocycles. The van der Waals surface area contributed by atoms with E-state index in [4.69, 9.17) is 14.0 Å². The van der Waals surface area contributed by atoms with Crippen molar-refractivity contribution in [2.75, 3.05) is 31.6 Å². The van der Waals surface area contributed by atoms with Gasteiger partial charge in [-0.05, 0) is 51.7 Å². The summed E-state index contributed by atoms with van der Waals surface area (Å²) in [6.45, 7) is 12.5. The lowest BCUT2D eigenvalue weighted by Crippen LogP contribution is -2.43. The predicted molar refractivity (Wildman–Crippen MR) is 122 cm³/mol. The fourth-order valence-electron chi connectivity index (χ4n) is 3.69. The Bertz CT molecular complexity index is 957. The van der Waals surface area contributed by atoms with E-state index in [1.165, 1.54) is 0 Å². The van der Waals surface area contributed by atoms with E-state index >= 15 is 0 Å². The Hall–Kier alpha value is -2.42. The minimum atomic E-state index is -0.428. The van der Waals surface area contributed by atoms with Crippen molar-refractivity contribution in [3.05, 3.63) is 42.2 Å². The summed E-state index contributed by atoms with van der Waals surface area (Å²) in [5, 5.41) is 2.96. The molecule has 0 atom stereocenters. The van der Waals surface area contributed by atoms with Crippen molar-refractivity contribution in [1.29, 1.82) is 0 Å². The van der Waals surface area contributed by atoms with Gasteiger partial charge in [0.2, 0.25) is 0 Å². The molecule has 3 heterocycles. The molecule has 0 radical (unpaired) electrons. The second-order valence-corrected chi connectivity index (χ2v) is 9.10. The van der Waals surface area contributed by atoms with E-state index in [-0.39, 0.29) is 6.03 Å². The summed E-state index contributed by atoms with van der Waals surface area (Å²) < 4.78 is 17.7. The second kappa shape index (κ2) is 8.26. The number of urea groups is 1. The van der Waals surface area contributed by atoms with E-state index in [1.807, 2.05) is 58.9 Å². The van der Waals surface area contributed by atoms with E-state index in [0.29, 0.717) is 32.0 Å². The monoisotopic (exact) mass is 423 g/mol. The zero-order valence-corrected chi connectivity index (χ0v) is 18.9. The molecule has 0 aliphatic carbocycles. The van der Waals surface area contributed by atoms with Crippen LogP contribution >= 0.6 is 0 Å². The van der Waals surface area contributed by atoms with Gasteiger partial charge in [-0.25, -0.2) is 4.79 Å². The Morgan fingerprint density at radius 2 is 1.77 bits per heavy atom. The maximum Gasteiger partial charge on any atom is 0.494 e. The van der Waals surface area contributed by atoms with E-state index < -0.39 is 18.3 Å². The number of hydrogen-bond donors (Lipinski definition) is 1. The van der Waals surface area contributed by atoms with Gasteiger partial charge in [0, 0.05) is 24.3 Å². The van der Waals surface area contributed by atoms with Crippen molar-refractivity contribution in [1.82, 2.24) is 9.88 Å². The zero-order chi connectivity index (χ0) is 22.2. The molecule has 31 heavy (non-hydrogen) atoms. The topological polar surface area (TPSA) is 72.9 Å². The van der Waals surface area contributed by atoms with Crippen LogP contribution in [-0.4, -0.2) is 60.5 Å². The van der Waals surface area contributed by atoms with E-state index in [2.05, 4.69) is 16.4 Å². The molecule has 1 N–H and O–H groups in total. The first kappa shape index (κ1) is 21.8. The van der Waals surface area contributed by atoms with Gasteiger partial charge in [-0.3, -0.25) is 4.98 Å². The van der Waals surface area contributed by atoms with Crippen LogP contribution in [0.3, 0.4) is 0 Å². The van der Waals surface area contributed by atoms with E-state index in [0.717, 1.165) is 22.3 Å². The van der Waals surface area contributed by atoms with Crippen LogP contribution in [0.4, 0.5) is 10.5 Å². The molecule has 1 aromatic heterocycles. The SMILES string of the molecule is Cc1ncc(NC(=O)N2CCOCC2)cc1-c1cccc(B2OC(C)(C)C(C)(C)O2)c1. The summed E-state index contributed by atoms with van der Waals surface area (Å²) >= 11 is 0. The van der Waals surface area contributed by atoms with Crippen LogP contribution in [-0.2, 0) is 14.0 Å². The van der Waals surface area contributed by atoms with E-state index in [9.17, 15) is 4.79 Å². The largest absolute Gasteiger partial charge is 0.494 e. The van der Waals surface area contributed by atoms with Crippen LogP contribution < -0.4 is 10.8 Å². The van der Waals surface area contributed by atoms with Gasteiger partial charge in [0.25, 0.3) is 0 Å². The average molecular weight is 423 g/mol. The van der Waals surface area contributed by atoms with Crippen LogP contribution in [0.2, 0.25) is 0 Å². The van der Waals surface area contributed by atoms with Crippen molar-refractivity contribution >= 4 is 24.3 Å². The van der Waals surface area contributed by atoms with Crippen LogP contribution in [0.1, 0.15) is 33.4 Å². The summed E-state index contributed by atoms with van der Waals surface area (Å²) in [4.78, 5) is 18.8. The Balaban J connectivity index is 1.56. The first-order valence-corrected chi connectivity index (χ1v) is 10.7. The molecular formula is C23H30BN3O4. The summed E-state index contributed by atoms with van der Waals surface area (Å²) in [6.07, 6.45) is 1.69. The highest BCUT2D eigenvalue weighted by Gasteiger charge is 2.51. The van der Waals surface area contributed by atoms with Gasteiger partial charge in [-0.15, -0.1) is 0 Å². The van der Waals surface area contributed by atoms with Crippen LogP contribution in [0.15, 0.2) is 36.5 Å². The Kier molecular flexibility index (Phi) is 5.81. The zero-order valence-electron chi connectivity index (χ0n) is 18.9. The minimum Gasteiger partial charge on any atom is -0.399 e. The molecule has 2 amide bonds. The highest BCUT2D eigenvalue weighted by atomic mass is 16.7. The summed E-state index contributed by atoms with van der Waals surface area (Å²) in [7, 11) is -0.428. The van der Waals surface area contributed by atoms with Crippen LogP contribution in [0.25, 0.3) is 11.1 Å². The number of aryl methyl sites for hydroxylation is 1. The molecule has 7 nitrogen and oxygen atoms in total. The van der Waals surface area contributed by atoms with Gasteiger partial charge in [-0.2, -0.15) is 0 Å². The number of rotatable bonds is 3. The maximum atomic E-state index is 12.5. The average Bonchev–Trinajstić information content (AvgIpc) is 2.97. The number of benzene rings is 1. The first-order chi connectivity index (χ1) is 14.7. The molecule has 8 heteroatoms. The van der Waals surface area contributed by atoms with E-state index in [1.54, 1.807) is 11.1 Å². The number of amides is 2. The van der Waals surface area contributed by atoms with Crippen molar-refractivity contribution < 1.29 is 18.8 Å². The molecule has 2 aliphatic rings. The number of morpholine rings is 1. The lowest BCUT2D eigenvalue weighted by molar-refractivity contribution is 0.00578. The number of aromatic nitrogens is 1. The Morgan fingerprint density at radius 3 is 2.45 bits per heavy atom. The number of pyridine rings is 1. The number of nitrogens with one attached hydrogen (secondary N) is 1. The Morgan fingerprint density at radius 1 is 1.10 bits per heavy atom. The third-order valence-electron chi connectivity index (χ3n) is 6.36. The predicted octanol–water partition coefficient (Wildman–Crippen LogP) is 3.22. The molecular weight excluding hydrogens is 393 g/mol. The molecule has 164 valence electrons. The molecule has 2 aromatic rings. The number of nitrogens with zero attached hydrogens (tertiary/aromatic N) is 2. The van der Waals surface area contributed by atoms with Gasteiger partial charge in [-0.1, -0.05) is 24.3 Å². The summed E-state index contributed by atoms with van der Waals surface area (Å²) in [5.41, 5.74) is 3.67. The van der Waals surface area contributed by atoms with Gasteiger partial charge in [0.15, 0.2) is 0 Å². The number of ether oxygens (including phenoxy) is 1. The third kappa shape index (κ3) is 4.47. The lowest BCUT2D eigenvalue weighted by atomic mass is 9.78. The molecule has 0 spiro atoms. The van der Waals surface area contributed by atoms with Crippen molar-refractivity contribution in [2.24, 2.45) is 0 Å². The maximum absolute atomic E-state index is 12.5. The van der Waals surface area contributed by atoms with Gasteiger partial charge in [0.1, 0.15) is 0 Å². The molecule has 2 aliphatic heterocycles. The lowest BCUT2D eigenvalue weighted by Gasteiger charge is -2.32. The fourth-order valence-corrected chi connectivity index (χ4v) is 3.69. The quantitative estimate of drug-likeness (QED) is 0.768. The molecule has 0 saturated carbocycles. The number of hydrogen-bond acceptors (Lipinski definition) is 5. The molecule has 2 fully saturated rings. The van der Waals surface area contributed by atoms with Gasteiger partial charge < -0.3 is 24.3 Å². The van der Waals surface area contributed by atoms with Crippen LogP contribution in [0.5, 0.6) is 0 Å². The second-order valence-electron chi connectivity index (χ2n) is 9.10. The summed E-state index contributed by atoms with van der Waals surface area (Å²) in [6, 6.07) is 9.94. The Labute approximate surface area is 184 Å². The standard InChI is InChI=1S/C23H30BN3O4/c1-16-20(14-19(15-25-16)26-21(28)27-9-11-29-12-10-27)17-7-6-8-18(13-17)24-30-22(2,3)23(4,5)31-24/h6-8,13-15H,9-12H2,1-5H3,(H,26,28). The fraction of sp³-hybridized carbons (Fsp3) is 0.478. The normalized spacial score (nSPS) is 20.0. The van der Waals surface area contributed by atoms with Crippen molar-refractivity contribution in [2.45, 2.75) is 45.8 Å². The molecule has 0 bridgehead atoms. The number of carbonyl (C=O) groups is 1. The molecule has 2 saturated heterocycles.